The smallest absolute Gasteiger partial charge is 0.213 e. The zero-order chi connectivity index (χ0) is 14.8. The highest BCUT2D eigenvalue weighted by Gasteiger charge is 2.26. The number of methoxy groups -OCH3 is 1. The number of rotatable bonds is 3. The van der Waals surface area contributed by atoms with Crippen molar-refractivity contribution in [3.8, 4) is 17.1 Å². The maximum Gasteiger partial charge on any atom is 0.213 e. The predicted molar refractivity (Wildman–Crippen MR) is 80.0 cm³/mol. The quantitative estimate of drug-likeness (QED) is 0.791. The fourth-order valence-electron chi connectivity index (χ4n) is 1.96. The number of benzene rings is 1. The molecule has 0 amide bonds. The van der Waals surface area contributed by atoms with E-state index in [1.165, 1.54) is 0 Å². The molecule has 2 aromatic rings. The molecular formula is C17H19NO2. The van der Waals surface area contributed by atoms with Crippen LogP contribution >= 0.6 is 0 Å². The second-order valence-corrected chi connectivity index (χ2v) is 5.69. The summed E-state index contributed by atoms with van der Waals surface area (Å²) in [6.07, 6.45) is 0. The van der Waals surface area contributed by atoms with Crippen molar-refractivity contribution in [3.63, 3.8) is 0 Å². The van der Waals surface area contributed by atoms with Crippen LogP contribution < -0.4 is 4.74 Å². The number of carbonyl (C=O) groups excluding carboxylic acids is 1. The zero-order valence-corrected chi connectivity index (χ0v) is 12.3. The molecule has 0 atom stereocenters. The van der Waals surface area contributed by atoms with Crippen LogP contribution in [0.5, 0.6) is 5.88 Å². The molecule has 2 rings (SSSR count). The lowest BCUT2D eigenvalue weighted by molar-refractivity contribution is 0.0858. The molecular weight excluding hydrogens is 250 g/mol. The summed E-state index contributed by atoms with van der Waals surface area (Å²) in [6.45, 7) is 5.73. The number of aromatic nitrogens is 1. The zero-order valence-electron chi connectivity index (χ0n) is 12.3. The third kappa shape index (κ3) is 2.87. The van der Waals surface area contributed by atoms with Crippen LogP contribution in [0, 0.1) is 5.41 Å². The minimum absolute atomic E-state index is 0.0755. The lowest BCUT2D eigenvalue weighted by atomic mass is 9.85. The summed E-state index contributed by atoms with van der Waals surface area (Å²) < 4.78 is 5.17. The SMILES string of the molecule is COc1ccc(C(=O)C(C)(C)C)c(-c2ccccc2)n1. The minimum Gasteiger partial charge on any atom is -0.481 e. The highest BCUT2D eigenvalue weighted by atomic mass is 16.5. The van der Waals surface area contributed by atoms with Crippen LogP contribution in [-0.4, -0.2) is 17.9 Å². The standard InChI is InChI=1S/C17H19NO2/c1-17(2,3)16(19)13-10-11-14(20-4)18-15(13)12-8-6-5-7-9-12/h5-11H,1-4H3. The molecule has 0 bridgehead atoms. The maximum absolute atomic E-state index is 12.6. The van der Waals surface area contributed by atoms with E-state index in [1.807, 2.05) is 51.1 Å². The average molecular weight is 269 g/mol. The van der Waals surface area contributed by atoms with E-state index in [1.54, 1.807) is 19.2 Å². The van der Waals surface area contributed by atoms with Gasteiger partial charge in [0.05, 0.1) is 12.8 Å². The number of ether oxygens (including phenoxy) is 1. The van der Waals surface area contributed by atoms with Gasteiger partial charge in [0.2, 0.25) is 5.88 Å². The van der Waals surface area contributed by atoms with E-state index in [-0.39, 0.29) is 5.78 Å². The Balaban J connectivity index is 2.61. The topological polar surface area (TPSA) is 39.2 Å². The molecule has 0 saturated carbocycles. The van der Waals surface area contributed by atoms with Gasteiger partial charge in [-0.2, -0.15) is 0 Å². The van der Waals surface area contributed by atoms with Gasteiger partial charge in [0.25, 0.3) is 0 Å². The van der Waals surface area contributed by atoms with E-state index in [2.05, 4.69) is 4.98 Å². The molecule has 0 aliphatic rings. The van der Waals surface area contributed by atoms with Crippen LogP contribution in [0.4, 0.5) is 0 Å². The summed E-state index contributed by atoms with van der Waals surface area (Å²) in [6, 6.07) is 13.2. The molecule has 0 aliphatic carbocycles. The second kappa shape index (κ2) is 5.45. The molecule has 0 aliphatic heterocycles. The number of ketones is 1. The van der Waals surface area contributed by atoms with Crippen LogP contribution in [0.2, 0.25) is 0 Å². The van der Waals surface area contributed by atoms with E-state index in [0.717, 1.165) is 5.56 Å². The summed E-state index contributed by atoms with van der Waals surface area (Å²) in [5.41, 5.74) is 1.77. The number of carbonyl (C=O) groups is 1. The van der Waals surface area contributed by atoms with Crippen molar-refractivity contribution in [2.24, 2.45) is 5.41 Å². The van der Waals surface area contributed by atoms with Gasteiger partial charge in [-0.05, 0) is 6.07 Å². The second-order valence-electron chi connectivity index (χ2n) is 5.69. The fourth-order valence-corrected chi connectivity index (χ4v) is 1.96. The molecule has 1 heterocycles. The Kier molecular flexibility index (Phi) is 3.89. The Bertz CT molecular complexity index is 613. The van der Waals surface area contributed by atoms with Crippen molar-refractivity contribution in [3.05, 3.63) is 48.0 Å². The molecule has 0 N–H and O–H groups in total. The van der Waals surface area contributed by atoms with Gasteiger partial charge < -0.3 is 4.74 Å². The largest absolute Gasteiger partial charge is 0.481 e. The van der Waals surface area contributed by atoms with Crippen LogP contribution in [0.15, 0.2) is 42.5 Å². The third-order valence-electron chi connectivity index (χ3n) is 3.05. The van der Waals surface area contributed by atoms with Crippen molar-refractivity contribution in [1.82, 2.24) is 4.98 Å². The van der Waals surface area contributed by atoms with Gasteiger partial charge in [0.15, 0.2) is 5.78 Å². The van der Waals surface area contributed by atoms with Crippen molar-refractivity contribution < 1.29 is 9.53 Å². The summed E-state index contributed by atoms with van der Waals surface area (Å²) in [5.74, 6) is 0.584. The van der Waals surface area contributed by atoms with Gasteiger partial charge in [-0.25, -0.2) is 4.98 Å². The molecule has 0 fully saturated rings. The van der Waals surface area contributed by atoms with Gasteiger partial charge >= 0.3 is 0 Å². The van der Waals surface area contributed by atoms with Gasteiger partial charge in [0.1, 0.15) is 0 Å². The van der Waals surface area contributed by atoms with E-state index in [4.69, 9.17) is 4.74 Å². The van der Waals surface area contributed by atoms with Crippen LogP contribution in [0.1, 0.15) is 31.1 Å². The first-order valence-corrected chi connectivity index (χ1v) is 6.59. The van der Waals surface area contributed by atoms with Crippen LogP contribution in [-0.2, 0) is 0 Å². The first-order chi connectivity index (χ1) is 9.43. The van der Waals surface area contributed by atoms with Crippen molar-refractivity contribution in [2.45, 2.75) is 20.8 Å². The highest BCUT2D eigenvalue weighted by molar-refractivity contribution is 6.04. The Morgan fingerprint density at radius 1 is 1.05 bits per heavy atom. The minimum atomic E-state index is -0.445. The number of pyridine rings is 1. The molecule has 104 valence electrons. The molecule has 1 aromatic heterocycles. The molecule has 3 heteroatoms. The monoisotopic (exact) mass is 269 g/mol. The van der Waals surface area contributed by atoms with E-state index < -0.39 is 5.41 Å². The van der Waals surface area contributed by atoms with E-state index in [9.17, 15) is 4.79 Å². The van der Waals surface area contributed by atoms with E-state index in [0.29, 0.717) is 17.1 Å². The number of hydrogen-bond donors (Lipinski definition) is 0. The van der Waals surface area contributed by atoms with E-state index >= 15 is 0 Å². The number of Topliss-reactive ketones (excluding diaryl/α,β-unsaturated/α-hetero) is 1. The molecule has 0 spiro atoms. The first-order valence-electron chi connectivity index (χ1n) is 6.59. The lowest BCUT2D eigenvalue weighted by Crippen LogP contribution is -2.21. The van der Waals surface area contributed by atoms with Gasteiger partial charge in [-0.3, -0.25) is 4.79 Å². The molecule has 20 heavy (non-hydrogen) atoms. The molecule has 1 aromatic carbocycles. The maximum atomic E-state index is 12.6. The van der Waals surface area contributed by atoms with Gasteiger partial charge in [-0.1, -0.05) is 51.1 Å². The Morgan fingerprint density at radius 3 is 2.25 bits per heavy atom. The fraction of sp³-hybridized carbons (Fsp3) is 0.294. The van der Waals surface area contributed by atoms with Crippen LogP contribution in [0.3, 0.4) is 0 Å². The molecule has 0 saturated heterocycles. The van der Waals surface area contributed by atoms with Crippen LogP contribution in [0.25, 0.3) is 11.3 Å². The molecule has 0 radical (unpaired) electrons. The number of nitrogens with zero attached hydrogens (tertiary/aromatic N) is 1. The van der Waals surface area contributed by atoms with Crippen molar-refractivity contribution in [1.29, 1.82) is 0 Å². The molecule has 0 unspecified atom stereocenters. The summed E-state index contributed by atoms with van der Waals surface area (Å²) >= 11 is 0. The Hall–Kier alpha value is -2.16. The van der Waals surface area contributed by atoms with Crippen molar-refractivity contribution in [2.75, 3.05) is 7.11 Å². The van der Waals surface area contributed by atoms with Crippen molar-refractivity contribution >= 4 is 5.78 Å². The first kappa shape index (κ1) is 14.3. The lowest BCUT2D eigenvalue weighted by Gasteiger charge is -2.19. The highest BCUT2D eigenvalue weighted by Crippen LogP contribution is 2.29. The third-order valence-corrected chi connectivity index (χ3v) is 3.05. The average Bonchev–Trinajstić information content (AvgIpc) is 2.46. The predicted octanol–water partition coefficient (Wildman–Crippen LogP) is 3.99. The van der Waals surface area contributed by atoms with Gasteiger partial charge in [-0.15, -0.1) is 0 Å². The molecule has 3 nitrogen and oxygen atoms in total. The summed E-state index contributed by atoms with van der Waals surface area (Å²) in [5, 5.41) is 0. The summed E-state index contributed by atoms with van der Waals surface area (Å²) in [7, 11) is 1.57. The summed E-state index contributed by atoms with van der Waals surface area (Å²) in [4.78, 5) is 17.0. The van der Waals surface area contributed by atoms with Gasteiger partial charge in [0, 0.05) is 22.6 Å². The number of hydrogen-bond acceptors (Lipinski definition) is 3. The Labute approximate surface area is 119 Å². The normalized spacial score (nSPS) is 11.2. The Morgan fingerprint density at radius 2 is 1.70 bits per heavy atom.